The van der Waals surface area contributed by atoms with Gasteiger partial charge in [0, 0.05) is 22.3 Å². The lowest BCUT2D eigenvalue weighted by atomic mass is 10.2. The van der Waals surface area contributed by atoms with Crippen LogP contribution in [0.5, 0.6) is 5.75 Å². The predicted octanol–water partition coefficient (Wildman–Crippen LogP) is 4.21. The van der Waals surface area contributed by atoms with Crippen LogP contribution in [0, 0.1) is 6.92 Å². The summed E-state index contributed by atoms with van der Waals surface area (Å²) in [7, 11) is 0. The van der Waals surface area contributed by atoms with E-state index in [0.29, 0.717) is 16.5 Å². The molecule has 0 aliphatic heterocycles. The third-order valence-corrected chi connectivity index (χ3v) is 3.91. The van der Waals surface area contributed by atoms with E-state index in [4.69, 9.17) is 16.3 Å². The second-order valence-electron chi connectivity index (χ2n) is 5.08. The SMILES string of the molecule is Cc1c(Cl)cccc1NC(=O)COc1cccc2cccnc12. The molecule has 0 unspecified atom stereocenters. The highest BCUT2D eigenvalue weighted by molar-refractivity contribution is 6.31. The Bertz CT molecular complexity index is 859. The standard InChI is InChI=1S/C18H15ClN2O2/c1-12-14(19)7-3-8-15(12)21-17(22)11-23-16-9-2-5-13-6-4-10-20-18(13)16/h2-10H,11H2,1H3,(H,21,22). The van der Waals surface area contributed by atoms with Gasteiger partial charge < -0.3 is 10.1 Å². The number of pyridine rings is 1. The Morgan fingerprint density at radius 3 is 2.83 bits per heavy atom. The maximum Gasteiger partial charge on any atom is 0.262 e. The number of hydrogen-bond donors (Lipinski definition) is 1. The Balaban J connectivity index is 1.70. The lowest BCUT2D eigenvalue weighted by molar-refractivity contribution is -0.118. The molecule has 0 aliphatic rings. The van der Waals surface area contributed by atoms with E-state index in [1.165, 1.54) is 0 Å². The summed E-state index contributed by atoms with van der Waals surface area (Å²) in [6.45, 7) is 1.76. The van der Waals surface area contributed by atoms with Gasteiger partial charge in [-0.25, -0.2) is 0 Å². The molecule has 0 bridgehead atoms. The van der Waals surface area contributed by atoms with Gasteiger partial charge in [-0.3, -0.25) is 9.78 Å². The largest absolute Gasteiger partial charge is 0.481 e. The minimum atomic E-state index is -0.247. The van der Waals surface area contributed by atoms with Crippen LogP contribution in [-0.2, 0) is 4.79 Å². The van der Waals surface area contributed by atoms with Crippen LogP contribution in [0.4, 0.5) is 5.69 Å². The minimum Gasteiger partial charge on any atom is -0.481 e. The zero-order chi connectivity index (χ0) is 16.2. The van der Waals surface area contributed by atoms with Crippen molar-refractivity contribution < 1.29 is 9.53 Å². The first-order valence-electron chi connectivity index (χ1n) is 7.16. The molecular weight excluding hydrogens is 312 g/mol. The van der Waals surface area contributed by atoms with E-state index < -0.39 is 0 Å². The van der Waals surface area contributed by atoms with Crippen molar-refractivity contribution in [3.63, 3.8) is 0 Å². The summed E-state index contributed by atoms with van der Waals surface area (Å²) >= 11 is 6.04. The number of benzene rings is 2. The van der Waals surface area contributed by atoms with Gasteiger partial charge in [0.05, 0.1) is 0 Å². The molecule has 0 radical (unpaired) electrons. The van der Waals surface area contributed by atoms with Gasteiger partial charge in [0.15, 0.2) is 6.61 Å². The molecule has 3 aromatic rings. The van der Waals surface area contributed by atoms with E-state index in [1.807, 2.05) is 31.2 Å². The number of halogens is 1. The third kappa shape index (κ3) is 3.43. The Kier molecular flexibility index (Phi) is 4.44. The van der Waals surface area contributed by atoms with Crippen LogP contribution >= 0.6 is 11.6 Å². The molecule has 0 saturated carbocycles. The van der Waals surface area contributed by atoms with E-state index in [2.05, 4.69) is 10.3 Å². The van der Waals surface area contributed by atoms with Gasteiger partial charge in [-0.05, 0) is 36.8 Å². The van der Waals surface area contributed by atoms with Gasteiger partial charge in [0.25, 0.3) is 5.91 Å². The molecule has 0 spiro atoms. The monoisotopic (exact) mass is 326 g/mol. The van der Waals surface area contributed by atoms with Gasteiger partial charge in [-0.2, -0.15) is 0 Å². The van der Waals surface area contributed by atoms with Gasteiger partial charge in [-0.15, -0.1) is 0 Å². The van der Waals surface area contributed by atoms with Crippen molar-refractivity contribution in [3.8, 4) is 5.75 Å². The number of aromatic nitrogens is 1. The van der Waals surface area contributed by atoms with Crippen molar-refractivity contribution in [2.24, 2.45) is 0 Å². The molecule has 1 amide bonds. The highest BCUT2D eigenvalue weighted by Gasteiger charge is 2.09. The molecule has 1 heterocycles. The number of para-hydroxylation sites is 1. The first kappa shape index (κ1) is 15.3. The predicted molar refractivity (Wildman–Crippen MR) is 92.1 cm³/mol. The first-order valence-corrected chi connectivity index (χ1v) is 7.54. The minimum absolute atomic E-state index is 0.0956. The summed E-state index contributed by atoms with van der Waals surface area (Å²) in [4.78, 5) is 16.4. The van der Waals surface area contributed by atoms with E-state index >= 15 is 0 Å². The number of fused-ring (bicyclic) bond motifs is 1. The fraction of sp³-hybridized carbons (Fsp3) is 0.111. The van der Waals surface area contributed by atoms with Gasteiger partial charge in [-0.1, -0.05) is 35.9 Å². The highest BCUT2D eigenvalue weighted by Crippen LogP contribution is 2.24. The summed E-state index contributed by atoms with van der Waals surface area (Å²) in [6, 6.07) is 14.8. The van der Waals surface area contributed by atoms with Crippen molar-refractivity contribution >= 4 is 34.1 Å². The third-order valence-electron chi connectivity index (χ3n) is 3.50. The number of nitrogens with zero attached hydrogens (tertiary/aromatic N) is 1. The maximum atomic E-state index is 12.1. The van der Waals surface area contributed by atoms with E-state index in [-0.39, 0.29) is 12.5 Å². The Hall–Kier alpha value is -2.59. The molecule has 0 fully saturated rings. The number of hydrogen-bond acceptors (Lipinski definition) is 3. The number of amides is 1. The summed E-state index contributed by atoms with van der Waals surface area (Å²) in [5.74, 6) is 0.337. The average molecular weight is 327 g/mol. The lowest BCUT2D eigenvalue weighted by Crippen LogP contribution is -2.20. The smallest absolute Gasteiger partial charge is 0.262 e. The number of rotatable bonds is 4. The zero-order valence-corrected chi connectivity index (χ0v) is 13.3. The van der Waals surface area contributed by atoms with Crippen molar-refractivity contribution in [3.05, 3.63) is 65.3 Å². The summed E-state index contributed by atoms with van der Waals surface area (Å²) in [5, 5.41) is 4.38. The molecule has 5 heteroatoms. The van der Waals surface area contributed by atoms with Crippen LogP contribution in [0.2, 0.25) is 5.02 Å². The van der Waals surface area contributed by atoms with Crippen LogP contribution < -0.4 is 10.1 Å². The van der Waals surface area contributed by atoms with Crippen molar-refractivity contribution in [2.75, 3.05) is 11.9 Å². The van der Waals surface area contributed by atoms with Gasteiger partial charge in [0.2, 0.25) is 0 Å². The van der Waals surface area contributed by atoms with E-state index in [0.717, 1.165) is 16.5 Å². The normalized spacial score (nSPS) is 10.5. The second kappa shape index (κ2) is 6.67. The molecule has 0 saturated heterocycles. The molecule has 0 aliphatic carbocycles. The molecule has 2 aromatic carbocycles. The van der Waals surface area contributed by atoms with Crippen LogP contribution in [0.3, 0.4) is 0 Å². The average Bonchev–Trinajstić information content (AvgIpc) is 2.57. The number of anilines is 1. The molecule has 3 rings (SSSR count). The molecular formula is C18H15ClN2O2. The number of nitrogens with one attached hydrogen (secondary N) is 1. The van der Waals surface area contributed by atoms with Crippen molar-refractivity contribution in [2.45, 2.75) is 6.92 Å². The summed E-state index contributed by atoms with van der Waals surface area (Å²) < 4.78 is 5.62. The Morgan fingerprint density at radius 2 is 1.96 bits per heavy atom. The molecule has 1 aromatic heterocycles. The van der Waals surface area contributed by atoms with Gasteiger partial charge in [0.1, 0.15) is 11.3 Å². The second-order valence-corrected chi connectivity index (χ2v) is 5.49. The highest BCUT2D eigenvalue weighted by atomic mass is 35.5. The lowest BCUT2D eigenvalue weighted by Gasteiger charge is -2.11. The van der Waals surface area contributed by atoms with E-state index in [1.54, 1.807) is 30.5 Å². The van der Waals surface area contributed by atoms with Crippen LogP contribution in [-0.4, -0.2) is 17.5 Å². The maximum absolute atomic E-state index is 12.1. The Morgan fingerprint density at radius 1 is 1.17 bits per heavy atom. The Labute approximate surface area is 139 Å². The fourth-order valence-electron chi connectivity index (χ4n) is 2.27. The van der Waals surface area contributed by atoms with Crippen molar-refractivity contribution in [1.82, 2.24) is 4.98 Å². The molecule has 0 atom stereocenters. The topological polar surface area (TPSA) is 51.2 Å². The van der Waals surface area contributed by atoms with E-state index in [9.17, 15) is 4.79 Å². The zero-order valence-electron chi connectivity index (χ0n) is 12.5. The quantitative estimate of drug-likeness (QED) is 0.781. The van der Waals surface area contributed by atoms with Crippen molar-refractivity contribution in [1.29, 1.82) is 0 Å². The van der Waals surface area contributed by atoms with Crippen LogP contribution in [0.1, 0.15) is 5.56 Å². The fourth-order valence-corrected chi connectivity index (χ4v) is 2.44. The molecule has 1 N–H and O–H groups in total. The van der Waals surface area contributed by atoms with Crippen LogP contribution in [0.15, 0.2) is 54.7 Å². The first-order chi connectivity index (χ1) is 11.1. The number of ether oxygens (including phenoxy) is 1. The molecule has 116 valence electrons. The summed E-state index contributed by atoms with van der Waals surface area (Å²) in [6.07, 6.45) is 1.70. The van der Waals surface area contributed by atoms with Gasteiger partial charge >= 0.3 is 0 Å². The summed E-state index contributed by atoms with van der Waals surface area (Å²) in [5.41, 5.74) is 2.25. The van der Waals surface area contributed by atoms with Crippen LogP contribution in [0.25, 0.3) is 10.9 Å². The molecule has 4 nitrogen and oxygen atoms in total. The number of carbonyl (C=O) groups excluding carboxylic acids is 1. The number of carbonyl (C=O) groups is 1. The molecule has 23 heavy (non-hydrogen) atoms.